The van der Waals surface area contributed by atoms with Crippen LogP contribution in [0.1, 0.15) is 91.9 Å². The monoisotopic (exact) mass is 304 g/mol. The summed E-state index contributed by atoms with van der Waals surface area (Å²) in [5.41, 5.74) is 0. The lowest BCUT2D eigenvalue weighted by Gasteiger charge is -2.29. The Morgan fingerprint density at radius 2 is 0.682 bits per heavy atom. The smallest absolute Gasteiger partial charge is 0.0357 e. The van der Waals surface area contributed by atoms with E-state index in [-0.39, 0.29) is 0 Å². The highest BCUT2D eigenvalue weighted by Gasteiger charge is 2.45. The molecule has 0 radical (unpaired) electrons. The number of fused-ring (bicyclic) bond motifs is 4. The quantitative estimate of drug-likeness (QED) is 0.528. The van der Waals surface area contributed by atoms with Crippen LogP contribution in [0.2, 0.25) is 0 Å². The van der Waals surface area contributed by atoms with Gasteiger partial charge in [0.15, 0.2) is 0 Å². The fourth-order valence-electron chi connectivity index (χ4n) is 7.60. The van der Waals surface area contributed by atoms with Crippen LogP contribution in [0.5, 0.6) is 0 Å². The van der Waals surface area contributed by atoms with Crippen LogP contribution in [-0.2, 0) is 0 Å². The van der Waals surface area contributed by atoms with E-state index in [4.69, 9.17) is 0 Å². The molecule has 0 aliphatic heterocycles. The van der Waals surface area contributed by atoms with E-state index >= 15 is 0 Å². The fraction of sp³-hybridized carbons (Fsp3) is 1.00. The van der Waals surface area contributed by atoms with Crippen molar-refractivity contribution in [3.63, 3.8) is 0 Å². The van der Waals surface area contributed by atoms with Crippen LogP contribution < -0.4 is 0 Å². The van der Waals surface area contributed by atoms with Crippen LogP contribution >= 0.6 is 0 Å². The van der Waals surface area contributed by atoms with Gasteiger partial charge in [-0.05, 0) is 85.9 Å². The van der Waals surface area contributed by atoms with Gasteiger partial charge in [0, 0.05) is 0 Å². The van der Waals surface area contributed by atoms with Crippen molar-refractivity contribution in [1.29, 1.82) is 0 Å². The summed E-state index contributed by atoms with van der Waals surface area (Å²) in [5.74, 6) is 8.98. The molecule has 0 amide bonds. The summed E-state index contributed by atoms with van der Waals surface area (Å²) < 4.78 is 0. The third-order valence-corrected chi connectivity index (χ3v) is 8.43. The SMILES string of the molecule is CC[C@@H]1C2CCC(C2)[C@@H]1CC.CC[C@@H]1C2CCC(C2)[C@@H]1CC. The van der Waals surface area contributed by atoms with Crippen molar-refractivity contribution in [3.05, 3.63) is 0 Å². The average Bonchev–Trinajstić information content (AvgIpc) is 3.31. The molecule has 22 heavy (non-hydrogen) atoms. The molecule has 4 fully saturated rings. The van der Waals surface area contributed by atoms with E-state index < -0.39 is 0 Å². The summed E-state index contributed by atoms with van der Waals surface area (Å²) in [6, 6.07) is 0. The molecule has 4 bridgehead atoms. The Morgan fingerprint density at radius 3 is 0.864 bits per heavy atom. The van der Waals surface area contributed by atoms with E-state index in [0.717, 1.165) is 47.3 Å². The highest BCUT2D eigenvalue weighted by Crippen LogP contribution is 2.55. The second-order valence-corrected chi connectivity index (χ2v) is 8.95. The maximum Gasteiger partial charge on any atom is -0.0357 e. The highest BCUT2D eigenvalue weighted by molar-refractivity contribution is 4.95. The minimum Gasteiger partial charge on any atom is -0.0651 e. The normalized spacial score (nSPS) is 48.5. The molecule has 0 spiro atoms. The van der Waals surface area contributed by atoms with Gasteiger partial charge in [-0.3, -0.25) is 0 Å². The predicted octanol–water partition coefficient (Wildman–Crippen LogP) is 6.94. The van der Waals surface area contributed by atoms with E-state index in [9.17, 15) is 0 Å². The Morgan fingerprint density at radius 1 is 0.455 bits per heavy atom. The molecule has 4 rings (SSSR count). The van der Waals surface area contributed by atoms with Crippen LogP contribution in [0.15, 0.2) is 0 Å². The molecule has 0 heterocycles. The van der Waals surface area contributed by atoms with Crippen molar-refractivity contribution in [3.8, 4) is 0 Å². The third-order valence-electron chi connectivity index (χ3n) is 8.43. The first-order valence-electron chi connectivity index (χ1n) is 10.7. The van der Waals surface area contributed by atoms with Crippen molar-refractivity contribution >= 4 is 0 Å². The first-order valence-corrected chi connectivity index (χ1v) is 10.7. The summed E-state index contributed by atoms with van der Waals surface area (Å²) in [5, 5.41) is 0. The number of hydrogen-bond acceptors (Lipinski definition) is 0. The predicted molar refractivity (Wildman–Crippen MR) is 96.8 cm³/mol. The molecule has 4 saturated carbocycles. The highest BCUT2D eigenvalue weighted by atomic mass is 14.5. The second-order valence-electron chi connectivity index (χ2n) is 8.95. The van der Waals surface area contributed by atoms with Gasteiger partial charge < -0.3 is 0 Å². The standard InChI is InChI=1S/2C11H20/c2*1-3-10-8-5-6-9(7-8)11(10)4-2/h2*8-11H,3-7H2,1-2H3/t2*8?,9?,10-,11+. The van der Waals surface area contributed by atoms with Crippen LogP contribution in [0, 0.1) is 47.3 Å². The Hall–Kier alpha value is 0. The molecule has 8 atom stereocenters. The van der Waals surface area contributed by atoms with E-state index in [1.54, 1.807) is 38.5 Å². The first kappa shape index (κ1) is 16.8. The molecular weight excluding hydrogens is 264 g/mol. The van der Waals surface area contributed by atoms with E-state index in [1.165, 1.54) is 25.7 Å². The summed E-state index contributed by atoms with van der Waals surface area (Å²) in [6.45, 7) is 9.53. The molecule has 0 heteroatoms. The zero-order valence-corrected chi connectivity index (χ0v) is 15.7. The molecule has 128 valence electrons. The second kappa shape index (κ2) is 7.27. The number of rotatable bonds is 4. The minimum absolute atomic E-state index is 1.11. The topological polar surface area (TPSA) is 0 Å². The molecule has 0 aromatic heterocycles. The third kappa shape index (κ3) is 2.89. The minimum atomic E-state index is 1.11. The van der Waals surface area contributed by atoms with Crippen LogP contribution in [-0.4, -0.2) is 0 Å². The van der Waals surface area contributed by atoms with Crippen molar-refractivity contribution in [2.24, 2.45) is 47.3 Å². The summed E-state index contributed by atoms with van der Waals surface area (Å²) in [7, 11) is 0. The molecule has 4 aliphatic rings. The van der Waals surface area contributed by atoms with Gasteiger partial charge in [0.1, 0.15) is 0 Å². The lowest BCUT2D eigenvalue weighted by molar-refractivity contribution is 0.209. The first-order chi connectivity index (χ1) is 10.7. The zero-order valence-electron chi connectivity index (χ0n) is 15.7. The summed E-state index contributed by atoms with van der Waals surface area (Å²) >= 11 is 0. The summed E-state index contributed by atoms with van der Waals surface area (Å²) in [4.78, 5) is 0. The van der Waals surface area contributed by atoms with Gasteiger partial charge in [-0.25, -0.2) is 0 Å². The Balaban J connectivity index is 0.000000131. The van der Waals surface area contributed by atoms with Gasteiger partial charge in [-0.2, -0.15) is 0 Å². The van der Waals surface area contributed by atoms with Crippen LogP contribution in [0.3, 0.4) is 0 Å². The molecule has 4 unspecified atom stereocenters. The van der Waals surface area contributed by atoms with Crippen LogP contribution in [0.4, 0.5) is 0 Å². The molecule has 0 nitrogen and oxygen atoms in total. The lowest BCUT2D eigenvalue weighted by atomic mass is 9.77. The van der Waals surface area contributed by atoms with Gasteiger partial charge in [0.05, 0.1) is 0 Å². The Labute approximate surface area is 139 Å². The Kier molecular flexibility index (Phi) is 5.56. The molecule has 0 N–H and O–H groups in total. The van der Waals surface area contributed by atoms with E-state index in [0.29, 0.717) is 0 Å². The Bertz CT molecular complexity index is 280. The molecule has 4 aliphatic carbocycles. The van der Waals surface area contributed by atoms with Gasteiger partial charge in [0.25, 0.3) is 0 Å². The van der Waals surface area contributed by atoms with Gasteiger partial charge in [-0.1, -0.05) is 53.4 Å². The van der Waals surface area contributed by atoms with Crippen LogP contribution in [0.25, 0.3) is 0 Å². The maximum atomic E-state index is 2.38. The molecule has 0 aromatic carbocycles. The van der Waals surface area contributed by atoms with E-state index in [2.05, 4.69) is 27.7 Å². The van der Waals surface area contributed by atoms with Crippen molar-refractivity contribution < 1.29 is 0 Å². The lowest BCUT2D eigenvalue weighted by Crippen LogP contribution is -2.20. The zero-order chi connectivity index (χ0) is 15.7. The van der Waals surface area contributed by atoms with Gasteiger partial charge >= 0.3 is 0 Å². The maximum absolute atomic E-state index is 2.38. The van der Waals surface area contributed by atoms with Gasteiger partial charge in [-0.15, -0.1) is 0 Å². The van der Waals surface area contributed by atoms with E-state index in [1.807, 2.05) is 0 Å². The molecule has 0 aromatic rings. The largest absolute Gasteiger partial charge is 0.0651 e. The average molecular weight is 305 g/mol. The van der Waals surface area contributed by atoms with Gasteiger partial charge in [0.2, 0.25) is 0 Å². The van der Waals surface area contributed by atoms with Crippen molar-refractivity contribution in [2.45, 2.75) is 91.9 Å². The van der Waals surface area contributed by atoms with Crippen molar-refractivity contribution in [2.75, 3.05) is 0 Å². The fourth-order valence-corrected chi connectivity index (χ4v) is 7.60. The number of hydrogen-bond donors (Lipinski definition) is 0. The van der Waals surface area contributed by atoms with Crippen molar-refractivity contribution in [1.82, 2.24) is 0 Å². The summed E-state index contributed by atoms with van der Waals surface area (Å²) in [6.07, 6.45) is 15.2. The molecular formula is C22H40. The molecule has 0 saturated heterocycles.